The first-order chi connectivity index (χ1) is 14.9. The van der Waals surface area contributed by atoms with Crippen molar-refractivity contribution in [2.45, 2.75) is 44.4 Å². The van der Waals surface area contributed by atoms with Crippen LogP contribution in [0.25, 0.3) is 0 Å². The van der Waals surface area contributed by atoms with Crippen LogP contribution in [0.4, 0.5) is 13.2 Å². The molecule has 0 radical (unpaired) electrons. The molecule has 2 atom stereocenters. The van der Waals surface area contributed by atoms with E-state index in [0.717, 1.165) is 24.4 Å². The van der Waals surface area contributed by atoms with Gasteiger partial charge in [0.1, 0.15) is 5.75 Å². The number of methoxy groups -OCH3 is 1. The second-order valence-electron chi connectivity index (χ2n) is 8.24. The summed E-state index contributed by atoms with van der Waals surface area (Å²) in [6, 6.07) is 8.20. The number of nitrogens with one attached hydrogen (secondary N) is 2. The van der Waals surface area contributed by atoms with E-state index in [1.54, 1.807) is 7.11 Å². The topological polar surface area (TPSA) is 52.1 Å². The van der Waals surface area contributed by atoms with Gasteiger partial charge in [-0.05, 0) is 57.0 Å². The Bertz CT molecular complexity index is 728. The summed E-state index contributed by atoms with van der Waals surface area (Å²) in [5, 5.41) is 6.59. The highest BCUT2D eigenvalue weighted by Gasteiger charge is 2.34. The minimum Gasteiger partial charge on any atom is -0.497 e. The molecule has 1 aromatic carbocycles. The fraction of sp³-hybridized carbons (Fsp3) is 0.682. The molecule has 32 heavy (non-hydrogen) atoms. The number of rotatable bonds is 8. The van der Waals surface area contributed by atoms with Gasteiger partial charge >= 0.3 is 6.18 Å². The molecular formula is C22H35F3IN5O. The lowest BCUT2D eigenvalue weighted by atomic mass is 10.1. The Balaban J connectivity index is 0.00000363. The maximum absolute atomic E-state index is 12.7. The molecule has 10 heteroatoms. The zero-order valence-electron chi connectivity index (χ0n) is 18.8. The van der Waals surface area contributed by atoms with Gasteiger partial charge in [-0.25, -0.2) is 0 Å². The summed E-state index contributed by atoms with van der Waals surface area (Å²) < 4.78 is 43.4. The normalized spacial score (nSPS) is 21.3. The number of hydrogen-bond acceptors (Lipinski definition) is 4. The van der Waals surface area contributed by atoms with Crippen molar-refractivity contribution in [2.75, 3.05) is 52.9 Å². The van der Waals surface area contributed by atoms with E-state index < -0.39 is 12.7 Å². The molecule has 2 aliphatic heterocycles. The minimum atomic E-state index is -4.16. The molecule has 2 heterocycles. The summed E-state index contributed by atoms with van der Waals surface area (Å²) >= 11 is 0. The first kappa shape index (κ1) is 27.0. The van der Waals surface area contributed by atoms with Gasteiger partial charge in [0, 0.05) is 25.7 Å². The number of halogens is 4. The van der Waals surface area contributed by atoms with Crippen LogP contribution < -0.4 is 15.4 Å². The highest BCUT2D eigenvalue weighted by atomic mass is 127. The SMILES string of the molecule is CCNC(=NCC(c1cccc(OC)c1)N1CCCC1)NC1CCN(CC(F)(F)F)C1.I. The van der Waals surface area contributed by atoms with Crippen LogP contribution in [0.1, 0.15) is 37.8 Å². The number of guanidine groups is 1. The van der Waals surface area contributed by atoms with Crippen molar-refractivity contribution in [3.63, 3.8) is 0 Å². The zero-order valence-corrected chi connectivity index (χ0v) is 21.2. The minimum absolute atomic E-state index is 0. The van der Waals surface area contributed by atoms with E-state index in [0.29, 0.717) is 38.6 Å². The lowest BCUT2D eigenvalue weighted by Crippen LogP contribution is -2.45. The Morgan fingerprint density at radius 1 is 1.25 bits per heavy atom. The fourth-order valence-corrected chi connectivity index (χ4v) is 4.37. The third-order valence-electron chi connectivity index (χ3n) is 5.84. The highest BCUT2D eigenvalue weighted by molar-refractivity contribution is 14.0. The summed E-state index contributed by atoms with van der Waals surface area (Å²) in [6.07, 6.45) is -1.13. The molecule has 2 N–H and O–H groups in total. The molecule has 3 rings (SSSR count). The maximum Gasteiger partial charge on any atom is 0.401 e. The lowest BCUT2D eigenvalue weighted by molar-refractivity contribution is -0.143. The van der Waals surface area contributed by atoms with Gasteiger partial charge in [-0.1, -0.05) is 12.1 Å². The third-order valence-corrected chi connectivity index (χ3v) is 5.84. The number of aliphatic imine (C=N–C) groups is 1. The molecule has 0 amide bonds. The Morgan fingerprint density at radius 3 is 2.66 bits per heavy atom. The van der Waals surface area contributed by atoms with Crippen molar-refractivity contribution in [1.82, 2.24) is 20.4 Å². The first-order valence-electron chi connectivity index (χ1n) is 11.1. The van der Waals surface area contributed by atoms with E-state index >= 15 is 0 Å². The number of likely N-dealkylation sites (tertiary alicyclic amines) is 2. The molecule has 6 nitrogen and oxygen atoms in total. The van der Waals surface area contributed by atoms with Gasteiger partial charge in [0.2, 0.25) is 0 Å². The molecule has 0 bridgehead atoms. The molecule has 0 saturated carbocycles. The molecule has 0 aromatic heterocycles. The fourth-order valence-electron chi connectivity index (χ4n) is 4.37. The van der Waals surface area contributed by atoms with Crippen molar-refractivity contribution in [3.8, 4) is 5.75 Å². The Kier molecular flexibility index (Phi) is 10.8. The van der Waals surface area contributed by atoms with E-state index in [9.17, 15) is 13.2 Å². The van der Waals surface area contributed by atoms with Crippen LogP contribution in [0.15, 0.2) is 29.3 Å². The number of nitrogens with zero attached hydrogens (tertiary/aromatic N) is 3. The van der Waals surface area contributed by atoms with Gasteiger partial charge < -0.3 is 15.4 Å². The lowest BCUT2D eigenvalue weighted by Gasteiger charge is -2.27. The van der Waals surface area contributed by atoms with Gasteiger partial charge in [-0.15, -0.1) is 24.0 Å². The van der Waals surface area contributed by atoms with E-state index in [1.165, 1.54) is 17.7 Å². The smallest absolute Gasteiger partial charge is 0.401 e. The van der Waals surface area contributed by atoms with E-state index in [-0.39, 0.29) is 36.1 Å². The monoisotopic (exact) mass is 569 g/mol. The van der Waals surface area contributed by atoms with Crippen LogP contribution >= 0.6 is 24.0 Å². The average molecular weight is 569 g/mol. The maximum atomic E-state index is 12.7. The van der Waals surface area contributed by atoms with Crippen molar-refractivity contribution >= 4 is 29.9 Å². The predicted molar refractivity (Wildman–Crippen MR) is 132 cm³/mol. The van der Waals surface area contributed by atoms with E-state index in [1.807, 2.05) is 19.1 Å². The van der Waals surface area contributed by atoms with Crippen LogP contribution in [0.2, 0.25) is 0 Å². The van der Waals surface area contributed by atoms with Crippen molar-refractivity contribution in [1.29, 1.82) is 0 Å². The van der Waals surface area contributed by atoms with Crippen LogP contribution in [-0.4, -0.2) is 80.9 Å². The van der Waals surface area contributed by atoms with Crippen LogP contribution in [0, 0.1) is 0 Å². The summed E-state index contributed by atoms with van der Waals surface area (Å²) in [6.45, 7) is 5.28. The van der Waals surface area contributed by atoms with Crippen LogP contribution in [0.5, 0.6) is 5.75 Å². The third kappa shape index (κ3) is 8.26. The average Bonchev–Trinajstić information content (AvgIpc) is 3.40. The van der Waals surface area contributed by atoms with E-state index in [4.69, 9.17) is 9.73 Å². The Labute approximate surface area is 206 Å². The first-order valence-corrected chi connectivity index (χ1v) is 11.1. The van der Waals surface area contributed by atoms with Gasteiger partial charge in [0.05, 0.1) is 26.2 Å². The van der Waals surface area contributed by atoms with Crippen molar-refractivity contribution < 1.29 is 17.9 Å². The van der Waals surface area contributed by atoms with Crippen molar-refractivity contribution in [2.24, 2.45) is 4.99 Å². The molecule has 1 aromatic rings. The molecular weight excluding hydrogens is 534 g/mol. The van der Waals surface area contributed by atoms with Crippen molar-refractivity contribution in [3.05, 3.63) is 29.8 Å². The predicted octanol–water partition coefficient (Wildman–Crippen LogP) is 3.64. The van der Waals surface area contributed by atoms with Crippen LogP contribution in [-0.2, 0) is 0 Å². The molecule has 182 valence electrons. The van der Waals surface area contributed by atoms with Gasteiger partial charge in [-0.2, -0.15) is 13.2 Å². The van der Waals surface area contributed by atoms with Crippen LogP contribution in [0.3, 0.4) is 0 Å². The van der Waals surface area contributed by atoms with Gasteiger partial charge in [0.25, 0.3) is 0 Å². The van der Waals surface area contributed by atoms with E-state index in [2.05, 4.69) is 27.7 Å². The largest absolute Gasteiger partial charge is 0.497 e. The second kappa shape index (κ2) is 12.8. The number of alkyl halides is 3. The van der Waals surface area contributed by atoms with Gasteiger partial charge in [0.15, 0.2) is 5.96 Å². The number of ether oxygens (including phenoxy) is 1. The quantitative estimate of drug-likeness (QED) is 0.285. The molecule has 2 saturated heterocycles. The zero-order chi connectivity index (χ0) is 22.3. The summed E-state index contributed by atoms with van der Waals surface area (Å²) in [4.78, 5) is 8.72. The summed E-state index contributed by atoms with van der Waals surface area (Å²) in [7, 11) is 1.67. The number of hydrogen-bond donors (Lipinski definition) is 2. The molecule has 2 unspecified atom stereocenters. The summed E-state index contributed by atoms with van der Waals surface area (Å²) in [5.74, 6) is 1.49. The highest BCUT2D eigenvalue weighted by Crippen LogP contribution is 2.28. The second-order valence-corrected chi connectivity index (χ2v) is 8.24. The Morgan fingerprint density at radius 2 is 2.00 bits per heavy atom. The van der Waals surface area contributed by atoms with Gasteiger partial charge in [-0.3, -0.25) is 14.8 Å². The Hall–Kier alpha value is -1.27. The summed E-state index contributed by atoms with van der Waals surface area (Å²) in [5.41, 5.74) is 1.16. The number of benzene rings is 1. The molecule has 0 aliphatic carbocycles. The molecule has 0 spiro atoms. The standard InChI is InChI=1S/C22H34F3N5O.HI/c1-3-26-21(28-18-9-12-29(15-18)16-22(23,24)25)27-14-20(30-10-4-5-11-30)17-7-6-8-19(13-17)31-2;/h6-8,13,18,20H,3-5,9-12,14-16H2,1-2H3,(H2,26,27,28);1H. The molecule has 2 fully saturated rings. The molecule has 2 aliphatic rings.